The van der Waals surface area contributed by atoms with E-state index in [1.54, 1.807) is 0 Å². The van der Waals surface area contributed by atoms with E-state index in [0.717, 1.165) is 6.54 Å². The second-order valence-electron chi connectivity index (χ2n) is 5.62. The monoisotopic (exact) mass is 283 g/mol. The third kappa shape index (κ3) is 4.96. The van der Waals surface area contributed by atoms with Crippen molar-refractivity contribution in [1.82, 2.24) is 5.32 Å². The van der Waals surface area contributed by atoms with Crippen molar-refractivity contribution < 1.29 is 8.42 Å². The lowest BCUT2D eigenvalue weighted by atomic mass is 9.76. The molecular formula is C15H25NO2S. The van der Waals surface area contributed by atoms with Gasteiger partial charge in [-0.15, -0.1) is 0 Å². The second-order valence-corrected chi connectivity index (χ2v) is 7.88. The maximum absolute atomic E-state index is 11.4. The fourth-order valence-electron chi connectivity index (χ4n) is 2.37. The van der Waals surface area contributed by atoms with E-state index in [4.69, 9.17) is 0 Å². The summed E-state index contributed by atoms with van der Waals surface area (Å²) < 4.78 is 22.8. The zero-order chi connectivity index (χ0) is 14.5. The SMILES string of the molecule is CCNC(CCS(C)(=O)=O)C(C)(C)c1ccccc1. The van der Waals surface area contributed by atoms with Crippen LogP contribution in [0.25, 0.3) is 0 Å². The molecule has 1 aromatic carbocycles. The first-order valence-electron chi connectivity index (χ1n) is 6.74. The van der Waals surface area contributed by atoms with Crippen molar-refractivity contribution >= 4 is 9.84 Å². The van der Waals surface area contributed by atoms with Crippen LogP contribution in [0.1, 0.15) is 32.8 Å². The molecule has 1 unspecified atom stereocenters. The van der Waals surface area contributed by atoms with Crippen molar-refractivity contribution in [2.75, 3.05) is 18.6 Å². The fourth-order valence-corrected chi connectivity index (χ4v) is 3.03. The number of likely N-dealkylation sites (N-methyl/N-ethyl adjacent to an activating group) is 1. The maximum Gasteiger partial charge on any atom is 0.147 e. The van der Waals surface area contributed by atoms with E-state index in [2.05, 4.69) is 38.2 Å². The predicted octanol–water partition coefficient (Wildman–Crippen LogP) is 2.38. The van der Waals surface area contributed by atoms with E-state index in [9.17, 15) is 8.42 Å². The Hall–Kier alpha value is -0.870. The van der Waals surface area contributed by atoms with Gasteiger partial charge in [0.05, 0.1) is 5.75 Å². The summed E-state index contributed by atoms with van der Waals surface area (Å²) in [5, 5.41) is 3.43. The van der Waals surface area contributed by atoms with E-state index in [-0.39, 0.29) is 17.2 Å². The zero-order valence-corrected chi connectivity index (χ0v) is 13.1. The van der Waals surface area contributed by atoms with Crippen molar-refractivity contribution in [2.45, 2.75) is 38.6 Å². The summed E-state index contributed by atoms with van der Waals surface area (Å²) in [5.74, 6) is 0.223. The van der Waals surface area contributed by atoms with Crippen LogP contribution in [-0.4, -0.2) is 33.0 Å². The van der Waals surface area contributed by atoms with Gasteiger partial charge in [-0.3, -0.25) is 0 Å². The van der Waals surface area contributed by atoms with Crippen LogP contribution in [0, 0.1) is 0 Å². The molecule has 1 rings (SSSR count). The highest BCUT2D eigenvalue weighted by molar-refractivity contribution is 7.90. The number of hydrogen-bond donors (Lipinski definition) is 1. The average Bonchev–Trinajstić information content (AvgIpc) is 2.34. The van der Waals surface area contributed by atoms with Crippen LogP contribution in [0.15, 0.2) is 30.3 Å². The first kappa shape index (κ1) is 16.2. The van der Waals surface area contributed by atoms with Crippen LogP contribution in [0.2, 0.25) is 0 Å². The van der Waals surface area contributed by atoms with Gasteiger partial charge in [-0.1, -0.05) is 51.1 Å². The van der Waals surface area contributed by atoms with Gasteiger partial charge < -0.3 is 5.32 Å². The standard InChI is InChI=1S/C15H25NO2S/c1-5-16-14(11-12-19(4,17)18)15(2,3)13-9-7-6-8-10-13/h6-10,14,16H,5,11-12H2,1-4H3. The van der Waals surface area contributed by atoms with Gasteiger partial charge in [0.15, 0.2) is 0 Å². The molecule has 0 bridgehead atoms. The van der Waals surface area contributed by atoms with Crippen LogP contribution in [0.3, 0.4) is 0 Å². The molecule has 0 aromatic heterocycles. The van der Waals surface area contributed by atoms with Crippen LogP contribution in [-0.2, 0) is 15.3 Å². The Balaban J connectivity index is 2.91. The molecule has 0 spiro atoms. The lowest BCUT2D eigenvalue weighted by Crippen LogP contribution is -2.45. The third-order valence-electron chi connectivity index (χ3n) is 3.62. The zero-order valence-electron chi connectivity index (χ0n) is 12.3. The molecule has 1 N–H and O–H groups in total. The Morgan fingerprint density at radius 1 is 1.21 bits per heavy atom. The molecule has 0 saturated carbocycles. The van der Waals surface area contributed by atoms with E-state index in [0.29, 0.717) is 6.42 Å². The number of hydrogen-bond acceptors (Lipinski definition) is 3. The van der Waals surface area contributed by atoms with Crippen LogP contribution in [0.5, 0.6) is 0 Å². The molecule has 0 amide bonds. The summed E-state index contributed by atoms with van der Waals surface area (Å²) >= 11 is 0. The molecule has 0 radical (unpaired) electrons. The molecule has 1 atom stereocenters. The number of benzene rings is 1. The van der Waals surface area contributed by atoms with Crippen molar-refractivity contribution in [3.8, 4) is 0 Å². The minimum atomic E-state index is -2.92. The lowest BCUT2D eigenvalue weighted by molar-refractivity contribution is 0.337. The molecule has 108 valence electrons. The van der Waals surface area contributed by atoms with Crippen LogP contribution in [0.4, 0.5) is 0 Å². The summed E-state index contributed by atoms with van der Waals surface area (Å²) in [6, 6.07) is 10.4. The minimum absolute atomic E-state index is 0.0953. The molecule has 1 aromatic rings. The molecule has 0 aliphatic carbocycles. The van der Waals surface area contributed by atoms with Gasteiger partial charge in [0.25, 0.3) is 0 Å². The molecular weight excluding hydrogens is 258 g/mol. The fraction of sp³-hybridized carbons (Fsp3) is 0.600. The summed E-state index contributed by atoms with van der Waals surface area (Å²) in [5.41, 5.74) is 1.14. The topological polar surface area (TPSA) is 46.2 Å². The van der Waals surface area contributed by atoms with Gasteiger partial charge in [0, 0.05) is 17.7 Å². The molecule has 0 aliphatic rings. The lowest BCUT2D eigenvalue weighted by Gasteiger charge is -2.35. The first-order valence-corrected chi connectivity index (χ1v) is 8.80. The number of sulfone groups is 1. The number of nitrogens with one attached hydrogen (secondary N) is 1. The van der Waals surface area contributed by atoms with Crippen molar-refractivity contribution in [2.24, 2.45) is 0 Å². The summed E-state index contributed by atoms with van der Waals surface area (Å²) in [4.78, 5) is 0. The van der Waals surface area contributed by atoms with Gasteiger partial charge in [0.2, 0.25) is 0 Å². The van der Waals surface area contributed by atoms with E-state index in [1.807, 2.05) is 18.2 Å². The molecule has 19 heavy (non-hydrogen) atoms. The van der Waals surface area contributed by atoms with Gasteiger partial charge >= 0.3 is 0 Å². The van der Waals surface area contributed by atoms with Crippen LogP contribution >= 0.6 is 0 Å². The Bertz CT molecular complexity index is 480. The largest absolute Gasteiger partial charge is 0.313 e. The Morgan fingerprint density at radius 3 is 2.26 bits per heavy atom. The summed E-state index contributed by atoms with van der Waals surface area (Å²) in [6.45, 7) is 7.22. The Kier molecular flexibility index (Phi) is 5.56. The normalized spacial score (nSPS) is 14.3. The van der Waals surface area contributed by atoms with Crippen molar-refractivity contribution in [1.29, 1.82) is 0 Å². The van der Waals surface area contributed by atoms with E-state index in [1.165, 1.54) is 11.8 Å². The molecule has 0 fully saturated rings. The molecule has 4 heteroatoms. The quantitative estimate of drug-likeness (QED) is 0.835. The van der Waals surface area contributed by atoms with E-state index < -0.39 is 9.84 Å². The Labute approximate surface area is 117 Å². The summed E-state index contributed by atoms with van der Waals surface area (Å²) in [7, 11) is -2.92. The highest BCUT2D eigenvalue weighted by Crippen LogP contribution is 2.29. The molecule has 0 heterocycles. The van der Waals surface area contributed by atoms with Gasteiger partial charge in [-0.05, 0) is 18.5 Å². The minimum Gasteiger partial charge on any atom is -0.313 e. The van der Waals surface area contributed by atoms with Gasteiger partial charge in [-0.25, -0.2) is 8.42 Å². The van der Waals surface area contributed by atoms with Crippen molar-refractivity contribution in [3.05, 3.63) is 35.9 Å². The van der Waals surface area contributed by atoms with E-state index >= 15 is 0 Å². The first-order chi connectivity index (χ1) is 8.77. The second kappa shape index (κ2) is 6.53. The van der Waals surface area contributed by atoms with Crippen LogP contribution < -0.4 is 5.32 Å². The Morgan fingerprint density at radius 2 is 1.79 bits per heavy atom. The van der Waals surface area contributed by atoms with Gasteiger partial charge in [-0.2, -0.15) is 0 Å². The molecule has 0 aliphatic heterocycles. The predicted molar refractivity (Wildman–Crippen MR) is 81.3 cm³/mol. The van der Waals surface area contributed by atoms with Gasteiger partial charge in [0.1, 0.15) is 9.84 Å². The average molecular weight is 283 g/mol. The highest BCUT2D eigenvalue weighted by atomic mass is 32.2. The highest BCUT2D eigenvalue weighted by Gasteiger charge is 2.30. The maximum atomic E-state index is 11.4. The molecule has 0 saturated heterocycles. The smallest absolute Gasteiger partial charge is 0.147 e. The third-order valence-corrected chi connectivity index (χ3v) is 4.59. The molecule has 3 nitrogen and oxygen atoms in total. The summed E-state index contributed by atoms with van der Waals surface area (Å²) in [6.07, 6.45) is 1.93. The van der Waals surface area contributed by atoms with Crippen molar-refractivity contribution in [3.63, 3.8) is 0 Å². The number of rotatable bonds is 7.